The van der Waals surface area contributed by atoms with Gasteiger partial charge in [0.05, 0.1) is 0 Å². The first-order valence-electron chi connectivity index (χ1n) is 6.61. The summed E-state index contributed by atoms with van der Waals surface area (Å²) in [6.45, 7) is 7.37. The first-order chi connectivity index (χ1) is 8.90. The molecule has 1 N–H and O–H groups in total. The van der Waals surface area contributed by atoms with E-state index in [0.717, 1.165) is 18.7 Å². The lowest BCUT2D eigenvalue weighted by Gasteiger charge is -2.26. The topological polar surface area (TPSA) is 40.5 Å². The molecule has 0 aromatic heterocycles. The third kappa shape index (κ3) is 5.39. The molecule has 3 nitrogen and oxygen atoms in total. The Kier molecular flexibility index (Phi) is 5.96. The van der Waals surface area contributed by atoms with Crippen LogP contribution in [0.5, 0.6) is 0 Å². The molecule has 0 fully saturated rings. The molecule has 0 saturated carbocycles. The number of carboxylic acid groups (broad SMARTS) is 1. The van der Waals surface area contributed by atoms with Crippen molar-refractivity contribution in [2.24, 2.45) is 0 Å². The molecule has 0 aliphatic rings. The number of hydrogen-bond acceptors (Lipinski definition) is 2. The summed E-state index contributed by atoms with van der Waals surface area (Å²) in [4.78, 5) is 12.7. The van der Waals surface area contributed by atoms with Crippen molar-refractivity contribution >= 4 is 5.97 Å². The van der Waals surface area contributed by atoms with Crippen molar-refractivity contribution in [3.8, 4) is 0 Å². The zero-order chi connectivity index (χ0) is 14.4. The van der Waals surface area contributed by atoms with Crippen LogP contribution in [0.25, 0.3) is 0 Å². The minimum Gasteiger partial charge on any atom is -0.481 e. The fourth-order valence-corrected chi connectivity index (χ4v) is 1.99. The van der Waals surface area contributed by atoms with Crippen LogP contribution < -0.4 is 0 Å². The summed E-state index contributed by atoms with van der Waals surface area (Å²) in [7, 11) is 0. The van der Waals surface area contributed by atoms with E-state index in [1.807, 2.05) is 6.07 Å². The monoisotopic (exact) mass is 267 g/mol. The highest BCUT2D eigenvalue weighted by Gasteiger charge is 2.11. The van der Waals surface area contributed by atoms with Gasteiger partial charge in [-0.1, -0.05) is 12.1 Å². The smallest absolute Gasteiger partial charge is 0.303 e. The van der Waals surface area contributed by atoms with Crippen LogP contribution in [0.1, 0.15) is 37.8 Å². The molecule has 106 valence electrons. The molecule has 0 unspecified atom stereocenters. The molecule has 4 heteroatoms. The van der Waals surface area contributed by atoms with E-state index in [0.29, 0.717) is 18.0 Å². The van der Waals surface area contributed by atoms with Crippen molar-refractivity contribution in [1.29, 1.82) is 0 Å². The molecule has 0 aliphatic carbocycles. The highest BCUT2D eigenvalue weighted by Crippen LogP contribution is 2.13. The molecule has 1 rings (SSSR count). The number of aryl methyl sites for hydroxylation is 1. The number of nitrogens with zero attached hydrogens (tertiary/aromatic N) is 1. The highest BCUT2D eigenvalue weighted by molar-refractivity contribution is 5.66. The Labute approximate surface area is 114 Å². The van der Waals surface area contributed by atoms with Crippen LogP contribution in [0, 0.1) is 12.7 Å². The predicted molar refractivity (Wildman–Crippen MR) is 73.6 cm³/mol. The molecule has 0 bridgehead atoms. The quantitative estimate of drug-likeness (QED) is 0.824. The van der Waals surface area contributed by atoms with Crippen LogP contribution in [0.15, 0.2) is 18.2 Å². The molecule has 19 heavy (non-hydrogen) atoms. The van der Waals surface area contributed by atoms with Crippen molar-refractivity contribution in [2.75, 3.05) is 6.54 Å². The van der Waals surface area contributed by atoms with Gasteiger partial charge in [0.15, 0.2) is 0 Å². The van der Waals surface area contributed by atoms with Gasteiger partial charge in [-0.05, 0) is 50.9 Å². The second-order valence-corrected chi connectivity index (χ2v) is 5.15. The van der Waals surface area contributed by atoms with Gasteiger partial charge in [0.1, 0.15) is 5.82 Å². The Bertz CT molecular complexity index is 432. The number of benzene rings is 1. The van der Waals surface area contributed by atoms with E-state index in [4.69, 9.17) is 5.11 Å². The van der Waals surface area contributed by atoms with E-state index in [2.05, 4.69) is 18.7 Å². The molecule has 0 radical (unpaired) electrons. The van der Waals surface area contributed by atoms with Crippen LogP contribution in [-0.4, -0.2) is 28.6 Å². The summed E-state index contributed by atoms with van der Waals surface area (Å²) in [5.41, 5.74) is 1.70. The first kappa shape index (κ1) is 15.6. The third-order valence-corrected chi connectivity index (χ3v) is 3.17. The molecule has 0 saturated heterocycles. The van der Waals surface area contributed by atoms with Crippen molar-refractivity contribution in [3.63, 3.8) is 0 Å². The lowest BCUT2D eigenvalue weighted by atomic mass is 10.1. The van der Waals surface area contributed by atoms with E-state index in [9.17, 15) is 9.18 Å². The lowest BCUT2D eigenvalue weighted by molar-refractivity contribution is -0.137. The normalized spacial score (nSPS) is 11.3. The van der Waals surface area contributed by atoms with E-state index in [1.165, 1.54) is 6.07 Å². The molecule has 0 spiro atoms. The summed E-state index contributed by atoms with van der Waals surface area (Å²) in [5.74, 6) is -0.952. The Morgan fingerprint density at radius 2 is 2.11 bits per heavy atom. The number of halogens is 1. The average molecular weight is 267 g/mol. The minimum atomic E-state index is -0.763. The maximum absolute atomic E-state index is 13.2. The Morgan fingerprint density at radius 3 is 2.63 bits per heavy atom. The Hall–Kier alpha value is -1.42. The van der Waals surface area contributed by atoms with Crippen molar-refractivity contribution in [3.05, 3.63) is 35.1 Å². The van der Waals surface area contributed by atoms with Crippen LogP contribution in [0.3, 0.4) is 0 Å². The summed E-state index contributed by atoms with van der Waals surface area (Å²) in [6, 6.07) is 5.45. The van der Waals surface area contributed by atoms with Crippen molar-refractivity contribution in [2.45, 2.75) is 46.2 Å². The number of carbonyl (C=O) groups is 1. The standard InChI is InChI=1S/C15H22FNO2/c1-11(2)17(8-4-5-15(18)19)10-13-6-7-14(16)12(3)9-13/h6-7,9,11H,4-5,8,10H2,1-3H3,(H,18,19). The van der Waals surface area contributed by atoms with E-state index in [1.54, 1.807) is 13.0 Å². The van der Waals surface area contributed by atoms with E-state index < -0.39 is 5.97 Å². The van der Waals surface area contributed by atoms with Gasteiger partial charge in [-0.3, -0.25) is 9.69 Å². The molecule has 1 aromatic carbocycles. The van der Waals surface area contributed by atoms with Crippen molar-refractivity contribution in [1.82, 2.24) is 4.90 Å². The average Bonchev–Trinajstić information content (AvgIpc) is 2.32. The van der Waals surface area contributed by atoms with Crippen LogP contribution in [0.2, 0.25) is 0 Å². The minimum absolute atomic E-state index is 0.186. The van der Waals surface area contributed by atoms with Gasteiger partial charge in [0.2, 0.25) is 0 Å². The Balaban J connectivity index is 2.62. The maximum atomic E-state index is 13.2. The number of aliphatic carboxylic acids is 1. The summed E-state index contributed by atoms with van der Waals surface area (Å²) in [5, 5.41) is 8.66. The second-order valence-electron chi connectivity index (χ2n) is 5.15. The molecule has 0 amide bonds. The summed E-state index contributed by atoms with van der Waals surface area (Å²) < 4.78 is 13.2. The lowest BCUT2D eigenvalue weighted by Crippen LogP contribution is -2.31. The fourth-order valence-electron chi connectivity index (χ4n) is 1.99. The van der Waals surface area contributed by atoms with E-state index in [-0.39, 0.29) is 12.2 Å². The SMILES string of the molecule is Cc1cc(CN(CCCC(=O)O)C(C)C)ccc1F. The molecular weight excluding hydrogens is 245 g/mol. The predicted octanol–water partition coefficient (Wildman–Crippen LogP) is 3.21. The molecular formula is C15H22FNO2. The van der Waals surface area contributed by atoms with Crippen LogP contribution in [0.4, 0.5) is 4.39 Å². The number of rotatable bonds is 7. The van der Waals surface area contributed by atoms with Gasteiger partial charge in [0, 0.05) is 19.0 Å². The zero-order valence-corrected chi connectivity index (χ0v) is 11.8. The van der Waals surface area contributed by atoms with E-state index >= 15 is 0 Å². The zero-order valence-electron chi connectivity index (χ0n) is 11.8. The summed E-state index contributed by atoms with van der Waals surface area (Å²) >= 11 is 0. The summed E-state index contributed by atoms with van der Waals surface area (Å²) in [6.07, 6.45) is 0.819. The Morgan fingerprint density at radius 1 is 1.42 bits per heavy atom. The van der Waals surface area contributed by atoms with Gasteiger partial charge in [-0.25, -0.2) is 4.39 Å². The largest absolute Gasteiger partial charge is 0.481 e. The molecule has 0 heterocycles. The van der Waals surface area contributed by atoms with Gasteiger partial charge >= 0.3 is 5.97 Å². The first-order valence-corrected chi connectivity index (χ1v) is 6.61. The number of hydrogen-bond donors (Lipinski definition) is 1. The molecule has 0 atom stereocenters. The van der Waals surface area contributed by atoms with Gasteiger partial charge < -0.3 is 5.11 Å². The maximum Gasteiger partial charge on any atom is 0.303 e. The fraction of sp³-hybridized carbons (Fsp3) is 0.533. The third-order valence-electron chi connectivity index (χ3n) is 3.17. The highest BCUT2D eigenvalue weighted by atomic mass is 19.1. The molecule has 0 aliphatic heterocycles. The van der Waals surface area contributed by atoms with Crippen LogP contribution >= 0.6 is 0 Å². The molecule has 1 aromatic rings. The van der Waals surface area contributed by atoms with Gasteiger partial charge in [-0.15, -0.1) is 0 Å². The van der Waals surface area contributed by atoms with Crippen molar-refractivity contribution < 1.29 is 14.3 Å². The van der Waals surface area contributed by atoms with Gasteiger partial charge in [0.25, 0.3) is 0 Å². The second kappa shape index (κ2) is 7.24. The van der Waals surface area contributed by atoms with Gasteiger partial charge in [-0.2, -0.15) is 0 Å². The number of carboxylic acids is 1. The van der Waals surface area contributed by atoms with Crippen LogP contribution in [-0.2, 0) is 11.3 Å².